The van der Waals surface area contributed by atoms with E-state index in [2.05, 4.69) is 15.6 Å². The fraction of sp³-hybridized carbons (Fsp3) is 0.158. The second-order valence-corrected chi connectivity index (χ2v) is 7.45. The van der Waals surface area contributed by atoms with E-state index in [0.717, 1.165) is 27.4 Å². The molecule has 2 N–H and O–H groups in total. The van der Waals surface area contributed by atoms with E-state index in [4.69, 9.17) is 11.6 Å². The second kappa shape index (κ2) is 7.68. The first kappa shape index (κ1) is 17.5. The molecule has 4 nitrogen and oxygen atoms in total. The van der Waals surface area contributed by atoms with Crippen LogP contribution in [0.15, 0.2) is 48.7 Å². The van der Waals surface area contributed by atoms with Crippen LogP contribution in [0.25, 0.3) is 0 Å². The van der Waals surface area contributed by atoms with Crippen LogP contribution in [0.2, 0.25) is 4.47 Å². The van der Waals surface area contributed by atoms with Gasteiger partial charge in [0.05, 0.1) is 17.9 Å². The van der Waals surface area contributed by atoms with E-state index in [1.807, 2.05) is 56.3 Å². The van der Waals surface area contributed by atoms with E-state index in [-0.39, 0.29) is 5.91 Å². The number of thiazole rings is 1. The molecule has 0 aliphatic heterocycles. The summed E-state index contributed by atoms with van der Waals surface area (Å²) in [4.78, 5) is 17.7. The molecule has 3 rings (SSSR count). The number of amides is 1. The summed E-state index contributed by atoms with van der Waals surface area (Å²) in [5.41, 5.74) is 4.34. The predicted molar refractivity (Wildman–Crippen MR) is 105 cm³/mol. The number of hydrogen-bond donors (Lipinski definition) is 2. The molecule has 0 atom stereocenters. The van der Waals surface area contributed by atoms with Crippen molar-refractivity contribution in [2.75, 3.05) is 10.6 Å². The fourth-order valence-electron chi connectivity index (χ4n) is 2.48. The lowest BCUT2D eigenvalue weighted by Crippen LogP contribution is -2.15. The van der Waals surface area contributed by atoms with Crippen molar-refractivity contribution in [3.8, 4) is 0 Å². The van der Waals surface area contributed by atoms with Crippen LogP contribution in [0, 0.1) is 13.8 Å². The summed E-state index contributed by atoms with van der Waals surface area (Å²) in [5.74, 6) is -0.120. The van der Waals surface area contributed by atoms with Crippen LogP contribution in [0.1, 0.15) is 26.4 Å². The summed E-state index contributed by atoms with van der Waals surface area (Å²) in [7, 11) is 0. The Morgan fingerprint density at radius 1 is 1.16 bits per heavy atom. The number of benzene rings is 2. The highest BCUT2D eigenvalue weighted by Crippen LogP contribution is 2.26. The van der Waals surface area contributed by atoms with E-state index >= 15 is 0 Å². The summed E-state index contributed by atoms with van der Waals surface area (Å²) in [5, 5.41) is 6.35. The van der Waals surface area contributed by atoms with E-state index in [1.54, 1.807) is 6.20 Å². The molecular weight excluding hydrogens is 354 g/mol. The topological polar surface area (TPSA) is 54.0 Å². The van der Waals surface area contributed by atoms with Crippen molar-refractivity contribution in [1.82, 2.24) is 4.98 Å². The van der Waals surface area contributed by atoms with Gasteiger partial charge in [-0.3, -0.25) is 4.79 Å². The molecule has 2 aromatic carbocycles. The van der Waals surface area contributed by atoms with Gasteiger partial charge in [0.25, 0.3) is 5.91 Å². The van der Waals surface area contributed by atoms with Crippen molar-refractivity contribution in [3.05, 3.63) is 74.7 Å². The molecule has 3 aromatic rings. The molecule has 0 aliphatic carbocycles. The molecule has 0 bridgehead atoms. The summed E-state index contributed by atoms with van der Waals surface area (Å²) < 4.78 is 0.522. The number of anilines is 2. The maximum absolute atomic E-state index is 12.6. The zero-order valence-corrected chi connectivity index (χ0v) is 15.5. The highest BCUT2D eigenvalue weighted by molar-refractivity contribution is 7.15. The molecule has 6 heteroatoms. The third kappa shape index (κ3) is 4.38. The van der Waals surface area contributed by atoms with Gasteiger partial charge in [-0.2, -0.15) is 0 Å². The van der Waals surface area contributed by atoms with Crippen LogP contribution in [-0.4, -0.2) is 10.9 Å². The maximum Gasteiger partial charge on any atom is 0.255 e. The zero-order valence-electron chi connectivity index (χ0n) is 14.0. The summed E-state index contributed by atoms with van der Waals surface area (Å²) in [6, 6.07) is 13.4. The van der Waals surface area contributed by atoms with E-state index in [9.17, 15) is 4.79 Å². The Balaban J connectivity index is 1.79. The van der Waals surface area contributed by atoms with Gasteiger partial charge in [0.15, 0.2) is 4.47 Å². The lowest BCUT2D eigenvalue weighted by atomic mass is 10.1. The van der Waals surface area contributed by atoms with Gasteiger partial charge in [-0.1, -0.05) is 35.9 Å². The Morgan fingerprint density at radius 3 is 2.68 bits per heavy atom. The van der Waals surface area contributed by atoms with Crippen molar-refractivity contribution >= 4 is 40.2 Å². The monoisotopic (exact) mass is 371 g/mol. The number of aromatic nitrogens is 1. The van der Waals surface area contributed by atoms with E-state index < -0.39 is 0 Å². The van der Waals surface area contributed by atoms with Crippen LogP contribution in [0.3, 0.4) is 0 Å². The molecule has 0 radical (unpaired) electrons. The van der Waals surface area contributed by atoms with Crippen LogP contribution in [0.5, 0.6) is 0 Å². The molecule has 128 valence electrons. The molecule has 1 heterocycles. The quantitative estimate of drug-likeness (QED) is 0.641. The van der Waals surface area contributed by atoms with Crippen molar-refractivity contribution in [2.45, 2.75) is 20.4 Å². The average molecular weight is 372 g/mol. The molecule has 1 aromatic heterocycles. The summed E-state index contributed by atoms with van der Waals surface area (Å²) in [6.45, 7) is 4.54. The third-order valence-corrected chi connectivity index (χ3v) is 4.91. The van der Waals surface area contributed by atoms with Gasteiger partial charge in [-0.05, 0) is 43.2 Å². The Morgan fingerprint density at radius 2 is 1.96 bits per heavy atom. The summed E-state index contributed by atoms with van der Waals surface area (Å²) >= 11 is 7.31. The Hall–Kier alpha value is -2.37. The molecule has 1 amide bonds. The highest BCUT2D eigenvalue weighted by Gasteiger charge is 2.11. The molecule has 0 fully saturated rings. The largest absolute Gasteiger partial charge is 0.378 e. The smallest absolute Gasteiger partial charge is 0.255 e. The number of rotatable bonds is 5. The normalized spacial score (nSPS) is 10.5. The minimum atomic E-state index is -0.120. The minimum Gasteiger partial charge on any atom is -0.378 e. The first-order chi connectivity index (χ1) is 12.0. The van der Waals surface area contributed by atoms with Gasteiger partial charge in [0, 0.05) is 16.6 Å². The highest BCUT2D eigenvalue weighted by atomic mass is 35.5. The summed E-state index contributed by atoms with van der Waals surface area (Å²) in [6.07, 6.45) is 1.75. The van der Waals surface area contributed by atoms with Gasteiger partial charge in [0.1, 0.15) is 0 Å². The Bertz CT molecular complexity index is 907. The van der Waals surface area contributed by atoms with Crippen molar-refractivity contribution < 1.29 is 4.79 Å². The molecular formula is C19H18ClN3OS. The number of halogens is 1. The second-order valence-electron chi connectivity index (χ2n) is 5.75. The van der Waals surface area contributed by atoms with Crippen LogP contribution in [-0.2, 0) is 6.54 Å². The fourth-order valence-corrected chi connectivity index (χ4v) is 3.40. The average Bonchev–Trinajstić information content (AvgIpc) is 3.00. The molecule has 0 saturated heterocycles. The first-order valence-electron chi connectivity index (χ1n) is 7.84. The SMILES string of the molecule is Cc1ccc(NC(=O)c2ccccc2C)c(NCc2cnc(Cl)s2)c1. The Kier molecular flexibility index (Phi) is 5.36. The lowest BCUT2D eigenvalue weighted by Gasteiger charge is -2.14. The molecule has 0 aliphatic rings. The third-order valence-electron chi connectivity index (χ3n) is 3.79. The van der Waals surface area contributed by atoms with Crippen LogP contribution < -0.4 is 10.6 Å². The Labute approximate surface area is 155 Å². The van der Waals surface area contributed by atoms with Gasteiger partial charge in [-0.25, -0.2) is 4.98 Å². The van der Waals surface area contributed by atoms with Gasteiger partial charge in [-0.15, -0.1) is 11.3 Å². The van der Waals surface area contributed by atoms with Crippen molar-refractivity contribution in [2.24, 2.45) is 0 Å². The van der Waals surface area contributed by atoms with Gasteiger partial charge < -0.3 is 10.6 Å². The van der Waals surface area contributed by atoms with Crippen molar-refractivity contribution in [1.29, 1.82) is 0 Å². The molecule has 0 spiro atoms. The number of aryl methyl sites for hydroxylation is 2. The molecule has 0 unspecified atom stereocenters. The van der Waals surface area contributed by atoms with Crippen LogP contribution >= 0.6 is 22.9 Å². The molecule has 0 saturated carbocycles. The minimum absolute atomic E-state index is 0.120. The van der Waals surface area contributed by atoms with E-state index in [0.29, 0.717) is 16.6 Å². The maximum atomic E-state index is 12.6. The van der Waals surface area contributed by atoms with Gasteiger partial charge in [0.2, 0.25) is 0 Å². The number of nitrogens with one attached hydrogen (secondary N) is 2. The number of nitrogens with zero attached hydrogens (tertiary/aromatic N) is 1. The standard InChI is InChI=1S/C19H18ClN3OS/c1-12-7-8-16(23-18(24)15-6-4-3-5-13(15)2)17(9-12)21-10-14-11-22-19(20)25-14/h3-9,11,21H,10H2,1-2H3,(H,23,24). The predicted octanol–water partition coefficient (Wildman–Crippen LogP) is 5.28. The van der Waals surface area contributed by atoms with Gasteiger partial charge >= 0.3 is 0 Å². The van der Waals surface area contributed by atoms with Crippen molar-refractivity contribution in [3.63, 3.8) is 0 Å². The number of carbonyl (C=O) groups is 1. The number of carbonyl (C=O) groups excluding carboxylic acids is 1. The van der Waals surface area contributed by atoms with E-state index in [1.165, 1.54) is 11.3 Å². The lowest BCUT2D eigenvalue weighted by molar-refractivity contribution is 0.102. The number of hydrogen-bond acceptors (Lipinski definition) is 4. The van der Waals surface area contributed by atoms with Crippen LogP contribution in [0.4, 0.5) is 11.4 Å². The zero-order chi connectivity index (χ0) is 17.8. The first-order valence-corrected chi connectivity index (χ1v) is 9.04. The molecule has 25 heavy (non-hydrogen) atoms.